The predicted octanol–water partition coefficient (Wildman–Crippen LogP) is 16.6. The van der Waals surface area contributed by atoms with Gasteiger partial charge in [-0.15, -0.1) is 0 Å². The molecular formula is C59H44N2. The summed E-state index contributed by atoms with van der Waals surface area (Å²) in [5.41, 5.74) is 16.9. The molecule has 1 aliphatic carbocycles. The number of hydrogen-bond acceptors (Lipinski definition) is 2. The molecule has 11 rings (SSSR count). The van der Waals surface area contributed by atoms with Crippen molar-refractivity contribution in [3.8, 4) is 33.4 Å². The third-order valence-electron chi connectivity index (χ3n) is 12.6. The van der Waals surface area contributed by atoms with Gasteiger partial charge in [0.25, 0.3) is 0 Å². The summed E-state index contributed by atoms with van der Waals surface area (Å²) >= 11 is 0. The van der Waals surface area contributed by atoms with E-state index in [1.807, 2.05) is 0 Å². The molecule has 2 heteroatoms. The molecule has 0 saturated carbocycles. The first-order valence-corrected chi connectivity index (χ1v) is 21.2. The van der Waals surface area contributed by atoms with E-state index in [0.29, 0.717) is 0 Å². The topological polar surface area (TPSA) is 6.48 Å². The van der Waals surface area contributed by atoms with Crippen LogP contribution >= 0.6 is 0 Å². The van der Waals surface area contributed by atoms with Crippen LogP contribution in [0.3, 0.4) is 0 Å². The molecule has 0 radical (unpaired) electrons. The molecule has 0 saturated heterocycles. The molecule has 0 amide bonds. The van der Waals surface area contributed by atoms with Crippen LogP contribution in [0.25, 0.3) is 54.9 Å². The third kappa shape index (κ3) is 6.36. The Kier molecular flexibility index (Phi) is 8.86. The number of fused-ring (bicyclic) bond motifs is 5. The first-order valence-electron chi connectivity index (χ1n) is 21.2. The van der Waals surface area contributed by atoms with Crippen molar-refractivity contribution in [2.24, 2.45) is 0 Å². The van der Waals surface area contributed by atoms with E-state index >= 15 is 0 Å². The summed E-state index contributed by atoms with van der Waals surface area (Å²) in [6, 6.07) is 83.9. The Bertz CT molecular complexity index is 2970. The molecule has 10 aromatic carbocycles. The average Bonchev–Trinajstić information content (AvgIpc) is 3.55. The van der Waals surface area contributed by atoms with Gasteiger partial charge in [-0.3, -0.25) is 0 Å². The van der Waals surface area contributed by atoms with Gasteiger partial charge in [-0.1, -0.05) is 172 Å². The highest BCUT2D eigenvalue weighted by atomic mass is 15.1. The van der Waals surface area contributed by atoms with Gasteiger partial charge in [-0.05, 0) is 128 Å². The molecule has 1 aliphatic rings. The quantitative estimate of drug-likeness (QED) is 0.152. The lowest BCUT2D eigenvalue weighted by atomic mass is 9.81. The smallest absolute Gasteiger partial charge is 0.0540 e. The summed E-state index contributed by atoms with van der Waals surface area (Å²) in [5.74, 6) is 0. The highest BCUT2D eigenvalue weighted by molar-refractivity contribution is 6.00. The summed E-state index contributed by atoms with van der Waals surface area (Å²) in [5, 5.41) is 4.91. The van der Waals surface area contributed by atoms with Gasteiger partial charge in [-0.25, -0.2) is 0 Å². The maximum absolute atomic E-state index is 2.42. The summed E-state index contributed by atoms with van der Waals surface area (Å²) in [6.07, 6.45) is 0. The molecular weight excluding hydrogens is 737 g/mol. The minimum atomic E-state index is -0.159. The van der Waals surface area contributed by atoms with Crippen molar-refractivity contribution in [2.45, 2.75) is 19.3 Å². The van der Waals surface area contributed by atoms with E-state index < -0.39 is 0 Å². The second kappa shape index (κ2) is 14.9. The van der Waals surface area contributed by atoms with Crippen LogP contribution in [0, 0.1) is 0 Å². The zero-order valence-corrected chi connectivity index (χ0v) is 34.3. The third-order valence-corrected chi connectivity index (χ3v) is 12.6. The SMILES string of the molecule is CC1(C)c2cc(-c3ccc(N(c4ccccc4)c4cccc5ccccc45)cc3)ccc2-c2ccc(-c3ccc(N(c4ccccc4)c4cccc5ccccc45)cc3)cc21. The van der Waals surface area contributed by atoms with E-state index in [1.54, 1.807) is 0 Å². The van der Waals surface area contributed by atoms with Gasteiger partial charge in [-0.2, -0.15) is 0 Å². The molecule has 0 bridgehead atoms. The fraction of sp³-hybridized carbons (Fsp3) is 0.0508. The first-order chi connectivity index (χ1) is 30.0. The molecule has 0 aromatic heterocycles. The van der Waals surface area contributed by atoms with Crippen molar-refractivity contribution in [2.75, 3.05) is 9.80 Å². The minimum absolute atomic E-state index is 0.159. The number of benzene rings is 10. The van der Waals surface area contributed by atoms with Crippen LogP contribution in [-0.2, 0) is 5.41 Å². The van der Waals surface area contributed by atoms with Crippen LogP contribution in [0.5, 0.6) is 0 Å². The molecule has 0 unspecified atom stereocenters. The van der Waals surface area contributed by atoms with Crippen molar-refractivity contribution < 1.29 is 0 Å². The molecule has 2 nitrogen and oxygen atoms in total. The van der Waals surface area contributed by atoms with E-state index in [0.717, 1.165) is 22.7 Å². The molecule has 0 aliphatic heterocycles. The van der Waals surface area contributed by atoms with Crippen molar-refractivity contribution in [1.29, 1.82) is 0 Å². The van der Waals surface area contributed by atoms with Gasteiger partial charge >= 0.3 is 0 Å². The summed E-state index contributed by atoms with van der Waals surface area (Å²) in [7, 11) is 0. The Labute approximate surface area is 358 Å². The first kappa shape index (κ1) is 36.4. The normalized spacial score (nSPS) is 12.6. The van der Waals surface area contributed by atoms with E-state index in [2.05, 4.69) is 254 Å². The molecule has 0 spiro atoms. The maximum atomic E-state index is 2.42. The zero-order chi connectivity index (χ0) is 40.9. The molecule has 0 fully saturated rings. The average molecular weight is 781 g/mol. The molecule has 0 heterocycles. The lowest BCUT2D eigenvalue weighted by molar-refractivity contribution is 0.661. The van der Waals surface area contributed by atoms with E-state index in [4.69, 9.17) is 0 Å². The lowest BCUT2D eigenvalue weighted by Crippen LogP contribution is -2.15. The van der Waals surface area contributed by atoms with Crippen LogP contribution in [0.2, 0.25) is 0 Å². The minimum Gasteiger partial charge on any atom is -0.310 e. The molecule has 61 heavy (non-hydrogen) atoms. The van der Waals surface area contributed by atoms with Gasteiger partial charge in [0.2, 0.25) is 0 Å². The van der Waals surface area contributed by atoms with Crippen LogP contribution < -0.4 is 9.80 Å². The highest BCUT2D eigenvalue weighted by Gasteiger charge is 2.36. The Morgan fingerprint density at radius 1 is 0.295 bits per heavy atom. The van der Waals surface area contributed by atoms with Gasteiger partial charge in [0.15, 0.2) is 0 Å². The van der Waals surface area contributed by atoms with Gasteiger partial charge in [0.05, 0.1) is 11.4 Å². The number of nitrogens with zero attached hydrogens (tertiary/aromatic N) is 2. The molecule has 0 atom stereocenters. The van der Waals surface area contributed by atoms with Gasteiger partial charge in [0, 0.05) is 38.9 Å². The fourth-order valence-corrected chi connectivity index (χ4v) is 9.52. The number of para-hydroxylation sites is 2. The molecule has 0 N–H and O–H groups in total. The molecule has 10 aromatic rings. The van der Waals surface area contributed by atoms with Crippen LogP contribution in [0.4, 0.5) is 34.1 Å². The van der Waals surface area contributed by atoms with Gasteiger partial charge < -0.3 is 9.80 Å². The van der Waals surface area contributed by atoms with Gasteiger partial charge in [0.1, 0.15) is 0 Å². The lowest BCUT2D eigenvalue weighted by Gasteiger charge is -2.27. The largest absolute Gasteiger partial charge is 0.310 e. The Hall–Kier alpha value is -7.68. The van der Waals surface area contributed by atoms with E-state index in [1.165, 1.54) is 77.4 Å². The van der Waals surface area contributed by atoms with Crippen LogP contribution in [-0.4, -0.2) is 0 Å². The Morgan fingerprint density at radius 3 is 1.07 bits per heavy atom. The second-order valence-electron chi connectivity index (χ2n) is 16.6. The summed E-state index contributed by atoms with van der Waals surface area (Å²) in [4.78, 5) is 4.73. The zero-order valence-electron chi connectivity index (χ0n) is 34.3. The maximum Gasteiger partial charge on any atom is 0.0540 e. The van der Waals surface area contributed by atoms with Crippen LogP contribution in [0.1, 0.15) is 25.0 Å². The van der Waals surface area contributed by atoms with Crippen molar-refractivity contribution in [3.63, 3.8) is 0 Å². The number of rotatable bonds is 8. The fourth-order valence-electron chi connectivity index (χ4n) is 9.52. The van der Waals surface area contributed by atoms with E-state index in [-0.39, 0.29) is 5.41 Å². The van der Waals surface area contributed by atoms with Crippen molar-refractivity contribution >= 4 is 55.7 Å². The highest BCUT2D eigenvalue weighted by Crippen LogP contribution is 2.51. The Morgan fingerprint density at radius 2 is 0.639 bits per heavy atom. The second-order valence-corrected chi connectivity index (χ2v) is 16.6. The van der Waals surface area contributed by atoms with E-state index in [9.17, 15) is 0 Å². The standard InChI is InChI=1S/C59H44N2/c1-59(2)55-39-45(41-27-33-49(34-28-41)60(47-19-5-3-6-20-47)57-25-13-17-43-15-9-11-23-51(43)57)31-37-53(55)54-38-32-46(40-56(54)59)42-29-35-50(36-30-42)61(48-21-7-4-8-22-48)58-26-14-18-44-16-10-12-24-52(44)58/h3-40H,1-2H3. The monoisotopic (exact) mass is 780 g/mol. The van der Waals surface area contributed by atoms with Crippen LogP contribution in [0.15, 0.2) is 231 Å². The Balaban J connectivity index is 0.900. The number of anilines is 6. The predicted molar refractivity (Wildman–Crippen MR) is 259 cm³/mol. The number of hydrogen-bond donors (Lipinski definition) is 0. The summed E-state index contributed by atoms with van der Waals surface area (Å²) < 4.78 is 0. The summed E-state index contributed by atoms with van der Waals surface area (Å²) in [6.45, 7) is 4.75. The van der Waals surface area contributed by atoms with Crippen molar-refractivity contribution in [3.05, 3.63) is 242 Å². The van der Waals surface area contributed by atoms with Crippen molar-refractivity contribution in [1.82, 2.24) is 0 Å². The molecule has 290 valence electrons.